The summed E-state index contributed by atoms with van der Waals surface area (Å²) in [6, 6.07) is 6.83. The molecule has 1 heterocycles. The fraction of sp³-hybridized carbons (Fsp3) is 0.333. The number of allylic oxidation sites excluding steroid dienone is 2. The summed E-state index contributed by atoms with van der Waals surface area (Å²) >= 11 is 0. The standard InChI is InChI=1S/C18H23N3O3/c1-5-6-11-24-17(22)15-12(2)19-18(23)20-16(15)13-7-9-14(10-8-13)21(3)4/h5-10,16H,11H2,1-4H3,(H2,19,20,23)/b6-5-/t16-/m1/s1. The van der Waals surface area contributed by atoms with Crippen molar-refractivity contribution in [1.29, 1.82) is 0 Å². The van der Waals surface area contributed by atoms with Gasteiger partial charge in [-0.2, -0.15) is 0 Å². The molecule has 0 spiro atoms. The van der Waals surface area contributed by atoms with Crippen molar-refractivity contribution in [1.82, 2.24) is 10.6 Å². The zero-order valence-electron chi connectivity index (χ0n) is 14.4. The molecular weight excluding hydrogens is 306 g/mol. The average molecular weight is 329 g/mol. The summed E-state index contributed by atoms with van der Waals surface area (Å²) in [6.45, 7) is 3.76. The number of ether oxygens (including phenoxy) is 1. The minimum Gasteiger partial charge on any atom is -0.458 e. The predicted octanol–water partition coefficient (Wildman–Crippen LogP) is 2.50. The van der Waals surface area contributed by atoms with Crippen molar-refractivity contribution in [2.45, 2.75) is 19.9 Å². The van der Waals surface area contributed by atoms with E-state index in [1.54, 1.807) is 13.0 Å². The molecule has 1 aromatic carbocycles. The number of hydrogen-bond donors (Lipinski definition) is 2. The van der Waals surface area contributed by atoms with E-state index in [9.17, 15) is 9.59 Å². The van der Waals surface area contributed by atoms with Crippen LogP contribution in [-0.2, 0) is 9.53 Å². The number of urea groups is 1. The van der Waals surface area contributed by atoms with Gasteiger partial charge in [0.2, 0.25) is 0 Å². The topological polar surface area (TPSA) is 70.7 Å². The summed E-state index contributed by atoms with van der Waals surface area (Å²) in [4.78, 5) is 26.3. The molecule has 0 aromatic heterocycles. The number of hydrogen-bond acceptors (Lipinski definition) is 4. The van der Waals surface area contributed by atoms with Crippen molar-refractivity contribution >= 4 is 17.7 Å². The van der Waals surface area contributed by atoms with Crippen molar-refractivity contribution in [3.05, 3.63) is 53.3 Å². The van der Waals surface area contributed by atoms with Crippen LogP contribution in [0.25, 0.3) is 0 Å². The van der Waals surface area contributed by atoms with Gasteiger partial charge in [0.1, 0.15) is 6.61 Å². The van der Waals surface area contributed by atoms with E-state index in [1.165, 1.54) is 0 Å². The van der Waals surface area contributed by atoms with Gasteiger partial charge in [-0.1, -0.05) is 24.3 Å². The minimum absolute atomic E-state index is 0.201. The second-order valence-electron chi connectivity index (χ2n) is 5.72. The summed E-state index contributed by atoms with van der Waals surface area (Å²) < 4.78 is 5.26. The van der Waals surface area contributed by atoms with Gasteiger partial charge in [-0.3, -0.25) is 0 Å². The largest absolute Gasteiger partial charge is 0.458 e. The highest BCUT2D eigenvalue weighted by Gasteiger charge is 2.32. The van der Waals surface area contributed by atoms with Gasteiger partial charge in [-0.05, 0) is 31.5 Å². The Morgan fingerprint density at radius 1 is 1.29 bits per heavy atom. The Hall–Kier alpha value is -2.76. The van der Waals surface area contributed by atoms with Gasteiger partial charge in [-0.15, -0.1) is 0 Å². The third-order valence-electron chi connectivity index (χ3n) is 3.78. The average Bonchev–Trinajstić information content (AvgIpc) is 2.54. The van der Waals surface area contributed by atoms with E-state index in [2.05, 4.69) is 10.6 Å². The maximum atomic E-state index is 12.4. The Morgan fingerprint density at radius 2 is 1.96 bits per heavy atom. The predicted molar refractivity (Wildman–Crippen MR) is 93.7 cm³/mol. The zero-order valence-corrected chi connectivity index (χ0v) is 14.4. The summed E-state index contributed by atoms with van der Waals surface area (Å²) in [5, 5.41) is 5.43. The number of esters is 1. The van der Waals surface area contributed by atoms with Crippen molar-refractivity contribution in [2.75, 3.05) is 25.6 Å². The number of rotatable bonds is 5. The Bertz CT molecular complexity index is 675. The molecule has 1 aliphatic heterocycles. The molecule has 0 fully saturated rings. The molecule has 6 nitrogen and oxygen atoms in total. The van der Waals surface area contributed by atoms with Gasteiger partial charge in [0.25, 0.3) is 0 Å². The van der Waals surface area contributed by atoms with Crippen molar-refractivity contribution in [2.24, 2.45) is 0 Å². The van der Waals surface area contributed by atoms with Gasteiger partial charge in [0.15, 0.2) is 0 Å². The minimum atomic E-state index is -0.534. The molecule has 1 aliphatic rings. The normalized spacial score (nSPS) is 17.5. The van der Waals surface area contributed by atoms with E-state index in [4.69, 9.17) is 4.74 Å². The molecule has 24 heavy (non-hydrogen) atoms. The van der Waals surface area contributed by atoms with Crippen LogP contribution in [0.2, 0.25) is 0 Å². The quantitative estimate of drug-likeness (QED) is 0.643. The van der Waals surface area contributed by atoms with Crippen LogP contribution < -0.4 is 15.5 Å². The summed E-state index contributed by atoms with van der Waals surface area (Å²) in [7, 11) is 3.91. The molecule has 0 unspecified atom stereocenters. The van der Waals surface area contributed by atoms with E-state index in [0.717, 1.165) is 11.3 Å². The first-order chi connectivity index (χ1) is 11.4. The SMILES string of the molecule is C/C=C\COC(=O)C1=C(C)NC(=O)N[C@@H]1c1ccc(N(C)C)cc1. The Kier molecular flexibility index (Phi) is 5.63. The van der Waals surface area contributed by atoms with Crippen molar-refractivity contribution in [3.63, 3.8) is 0 Å². The van der Waals surface area contributed by atoms with E-state index < -0.39 is 12.0 Å². The summed E-state index contributed by atoms with van der Waals surface area (Å²) in [6.07, 6.45) is 3.57. The van der Waals surface area contributed by atoms with E-state index in [-0.39, 0.29) is 12.6 Å². The summed E-state index contributed by atoms with van der Waals surface area (Å²) in [5.74, 6) is -0.445. The molecule has 1 atom stereocenters. The Labute approximate surface area is 142 Å². The zero-order chi connectivity index (χ0) is 17.7. The molecule has 2 rings (SSSR count). The highest BCUT2D eigenvalue weighted by molar-refractivity contribution is 5.95. The van der Waals surface area contributed by atoms with Crippen LogP contribution in [0.3, 0.4) is 0 Å². The van der Waals surface area contributed by atoms with E-state index >= 15 is 0 Å². The molecular formula is C18H23N3O3. The van der Waals surface area contributed by atoms with Gasteiger partial charge < -0.3 is 20.3 Å². The molecule has 0 saturated carbocycles. The smallest absolute Gasteiger partial charge is 0.338 e. The number of benzene rings is 1. The third kappa shape index (κ3) is 3.95. The molecule has 2 N–H and O–H groups in total. The molecule has 0 saturated heterocycles. The number of carbonyl (C=O) groups excluding carboxylic acids is 2. The molecule has 0 radical (unpaired) electrons. The first-order valence-corrected chi connectivity index (χ1v) is 7.78. The lowest BCUT2D eigenvalue weighted by molar-refractivity contribution is -0.138. The van der Waals surface area contributed by atoms with Crippen LogP contribution >= 0.6 is 0 Å². The molecule has 0 aliphatic carbocycles. The Balaban J connectivity index is 2.31. The molecule has 6 heteroatoms. The number of nitrogens with one attached hydrogen (secondary N) is 2. The van der Waals surface area contributed by atoms with Gasteiger partial charge in [0, 0.05) is 25.5 Å². The number of amides is 2. The Morgan fingerprint density at radius 3 is 2.54 bits per heavy atom. The third-order valence-corrected chi connectivity index (χ3v) is 3.78. The second-order valence-corrected chi connectivity index (χ2v) is 5.72. The molecule has 1 aromatic rings. The fourth-order valence-electron chi connectivity index (χ4n) is 2.48. The molecule has 2 amide bonds. The van der Waals surface area contributed by atoms with Crippen LogP contribution in [0.5, 0.6) is 0 Å². The number of carbonyl (C=O) groups is 2. The number of nitrogens with zero attached hydrogens (tertiary/aromatic N) is 1. The van der Waals surface area contributed by atoms with Gasteiger partial charge in [-0.25, -0.2) is 9.59 Å². The van der Waals surface area contributed by atoms with E-state index in [1.807, 2.05) is 56.3 Å². The maximum absolute atomic E-state index is 12.4. The lowest BCUT2D eigenvalue weighted by Crippen LogP contribution is -2.45. The highest BCUT2D eigenvalue weighted by Crippen LogP contribution is 2.28. The van der Waals surface area contributed by atoms with Crippen LogP contribution in [0.15, 0.2) is 47.7 Å². The lowest BCUT2D eigenvalue weighted by Gasteiger charge is -2.28. The molecule has 0 bridgehead atoms. The van der Waals surface area contributed by atoms with E-state index in [0.29, 0.717) is 11.3 Å². The van der Waals surface area contributed by atoms with Crippen LogP contribution in [0, 0.1) is 0 Å². The van der Waals surface area contributed by atoms with Crippen molar-refractivity contribution in [3.8, 4) is 0 Å². The molecule has 128 valence electrons. The van der Waals surface area contributed by atoms with Gasteiger partial charge >= 0.3 is 12.0 Å². The highest BCUT2D eigenvalue weighted by atomic mass is 16.5. The number of anilines is 1. The maximum Gasteiger partial charge on any atom is 0.338 e. The first kappa shape index (κ1) is 17.6. The van der Waals surface area contributed by atoms with Crippen molar-refractivity contribution < 1.29 is 14.3 Å². The summed E-state index contributed by atoms with van der Waals surface area (Å²) in [5.41, 5.74) is 2.78. The first-order valence-electron chi connectivity index (χ1n) is 7.78. The monoisotopic (exact) mass is 329 g/mol. The van der Waals surface area contributed by atoms with Crippen LogP contribution in [0.4, 0.5) is 10.5 Å². The van der Waals surface area contributed by atoms with Crippen LogP contribution in [-0.4, -0.2) is 32.7 Å². The lowest BCUT2D eigenvalue weighted by atomic mass is 9.95. The second kappa shape index (κ2) is 7.68. The van der Waals surface area contributed by atoms with Gasteiger partial charge in [0.05, 0.1) is 11.6 Å². The fourth-order valence-corrected chi connectivity index (χ4v) is 2.48. The van der Waals surface area contributed by atoms with Crippen LogP contribution in [0.1, 0.15) is 25.5 Å².